The molecule has 0 bridgehead atoms. The van der Waals surface area contributed by atoms with E-state index in [4.69, 9.17) is 16.3 Å². The van der Waals surface area contributed by atoms with Crippen LogP contribution in [0.25, 0.3) is 0 Å². The lowest BCUT2D eigenvalue weighted by Crippen LogP contribution is -2.45. The summed E-state index contributed by atoms with van der Waals surface area (Å²) in [6.45, 7) is 5.27. The van der Waals surface area contributed by atoms with E-state index in [-0.39, 0.29) is 17.5 Å². The summed E-state index contributed by atoms with van der Waals surface area (Å²) >= 11 is 5.80. The number of amides is 1. The largest absolute Gasteiger partial charge is 0.451 e. The molecule has 26 heavy (non-hydrogen) atoms. The van der Waals surface area contributed by atoms with Gasteiger partial charge in [0.1, 0.15) is 6.04 Å². The van der Waals surface area contributed by atoms with Crippen molar-refractivity contribution >= 4 is 33.5 Å². The van der Waals surface area contributed by atoms with Crippen LogP contribution in [-0.4, -0.2) is 49.3 Å². The van der Waals surface area contributed by atoms with Crippen molar-refractivity contribution < 1.29 is 22.7 Å². The molecule has 9 heteroatoms. The number of hydrogen-bond acceptors (Lipinski definition) is 5. The molecule has 0 spiro atoms. The zero-order valence-electron chi connectivity index (χ0n) is 14.9. The molecule has 0 radical (unpaired) electrons. The number of benzene rings is 1. The molecular formula is C17H23ClN2O5S. The number of halogens is 1. The van der Waals surface area contributed by atoms with Gasteiger partial charge in [-0.3, -0.25) is 9.59 Å². The van der Waals surface area contributed by atoms with Gasteiger partial charge in [-0.1, -0.05) is 11.6 Å². The zero-order chi connectivity index (χ0) is 19.5. The molecule has 0 aliphatic carbocycles. The van der Waals surface area contributed by atoms with Gasteiger partial charge in [-0.15, -0.1) is 0 Å². The number of nitrogens with one attached hydrogen (secondary N) is 1. The van der Waals surface area contributed by atoms with Crippen LogP contribution in [-0.2, 0) is 24.3 Å². The van der Waals surface area contributed by atoms with E-state index in [9.17, 15) is 18.0 Å². The highest BCUT2D eigenvalue weighted by Crippen LogP contribution is 2.27. The molecule has 1 aliphatic heterocycles. The molecule has 1 aromatic rings. The van der Waals surface area contributed by atoms with Crippen molar-refractivity contribution in [3.8, 4) is 0 Å². The summed E-state index contributed by atoms with van der Waals surface area (Å²) in [4.78, 5) is 24.4. The monoisotopic (exact) mass is 402 g/mol. The number of rotatable bonds is 6. The van der Waals surface area contributed by atoms with Crippen molar-refractivity contribution in [2.24, 2.45) is 0 Å². The van der Waals surface area contributed by atoms with Crippen LogP contribution in [0, 0.1) is 0 Å². The van der Waals surface area contributed by atoms with Crippen LogP contribution < -0.4 is 5.32 Å². The Kier molecular flexibility index (Phi) is 6.65. The standard InChI is InChI=1S/C17H23ClN2O5S/c1-11(2)19-16(21)12(3)25-17(22)15-5-4-10-20(15)26(23,24)14-8-6-13(18)7-9-14/h6-9,11-12,15H,4-5,10H2,1-3H3,(H,19,21)/t12-,15-/m0/s1. The van der Waals surface area contributed by atoms with Crippen LogP contribution in [0.2, 0.25) is 5.02 Å². The SMILES string of the molecule is CC(C)NC(=O)[C@H](C)OC(=O)[C@@H]1CCCN1S(=O)(=O)c1ccc(Cl)cc1. The van der Waals surface area contributed by atoms with E-state index < -0.39 is 34.0 Å². The van der Waals surface area contributed by atoms with Crippen molar-refractivity contribution in [2.45, 2.75) is 56.7 Å². The lowest BCUT2D eigenvalue weighted by atomic mass is 10.2. The van der Waals surface area contributed by atoms with Crippen LogP contribution in [0.3, 0.4) is 0 Å². The highest BCUT2D eigenvalue weighted by atomic mass is 35.5. The molecule has 1 aromatic carbocycles. The Morgan fingerprint density at radius 3 is 2.42 bits per heavy atom. The van der Waals surface area contributed by atoms with Gasteiger partial charge in [0, 0.05) is 17.6 Å². The summed E-state index contributed by atoms with van der Waals surface area (Å²) < 4.78 is 32.0. The van der Waals surface area contributed by atoms with Crippen molar-refractivity contribution in [1.82, 2.24) is 9.62 Å². The molecule has 0 unspecified atom stereocenters. The normalized spacial score (nSPS) is 19.3. The minimum Gasteiger partial charge on any atom is -0.451 e. The third-order valence-corrected chi connectivity index (χ3v) is 6.16. The quantitative estimate of drug-likeness (QED) is 0.734. The molecule has 1 amide bonds. The predicted octanol–water partition coefficient (Wildman–Crippen LogP) is 1.95. The highest BCUT2D eigenvalue weighted by molar-refractivity contribution is 7.89. The van der Waals surface area contributed by atoms with Gasteiger partial charge in [-0.05, 0) is 57.9 Å². The lowest BCUT2D eigenvalue weighted by molar-refractivity contribution is -0.158. The van der Waals surface area contributed by atoms with Crippen molar-refractivity contribution in [3.05, 3.63) is 29.3 Å². The Bertz CT molecular complexity index is 764. The minimum absolute atomic E-state index is 0.0622. The van der Waals surface area contributed by atoms with Crippen molar-refractivity contribution in [1.29, 1.82) is 0 Å². The summed E-state index contributed by atoms with van der Waals surface area (Å²) in [6.07, 6.45) is -0.103. The second-order valence-electron chi connectivity index (χ2n) is 6.47. The van der Waals surface area contributed by atoms with E-state index in [0.717, 1.165) is 4.31 Å². The third-order valence-electron chi connectivity index (χ3n) is 3.99. The molecule has 1 fully saturated rings. The van der Waals surface area contributed by atoms with Crippen LogP contribution in [0.1, 0.15) is 33.6 Å². The molecule has 0 aromatic heterocycles. The number of carbonyl (C=O) groups is 2. The fraction of sp³-hybridized carbons (Fsp3) is 0.529. The maximum absolute atomic E-state index is 12.8. The molecule has 1 heterocycles. The molecule has 1 N–H and O–H groups in total. The maximum atomic E-state index is 12.8. The van der Waals surface area contributed by atoms with Gasteiger partial charge in [0.25, 0.3) is 5.91 Å². The Balaban J connectivity index is 2.12. The molecule has 144 valence electrons. The zero-order valence-corrected chi connectivity index (χ0v) is 16.5. The topological polar surface area (TPSA) is 92.8 Å². The van der Waals surface area contributed by atoms with E-state index in [2.05, 4.69) is 5.32 Å². The smallest absolute Gasteiger partial charge is 0.325 e. The predicted molar refractivity (Wildman–Crippen MR) is 97.2 cm³/mol. The fourth-order valence-electron chi connectivity index (χ4n) is 2.71. The second-order valence-corrected chi connectivity index (χ2v) is 8.80. The summed E-state index contributed by atoms with van der Waals surface area (Å²) in [6, 6.07) is 4.74. The first-order valence-electron chi connectivity index (χ1n) is 8.41. The Hall–Kier alpha value is -1.64. The molecule has 2 rings (SSSR count). The average molecular weight is 403 g/mol. The van der Waals surface area contributed by atoms with E-state index in [1.54, 1.807) is 13.8 Å². The van der Waals surface area contributed by atoms with Gasteiger partial charge in [0.05, 0.1) is 4.90 Å². The van der Waals surface area contributed by atoms with Crippen molar-refractivity contribution in [3.63, 3.8) is 0 Å². The van der Waals surface area contributed by atoms with Gasteiger partial charge in [0.2, 0.25) is 10.0 Å². The first-order chi connectivity index (χ1) is 12.1. The number of ether oxygens (including phenoxy) is 1. The summed E-state index contributed by atoms with van der Waals surface area (Å²) in [5.41, 5.74) is 0. The number of sulfonamides is 1. The van der Waals surface area contributed by atoms with Crippen LogP contribution in [0.4, 0.5) is 0 Å². The van der Waals surface area contributed by atoms with Gasteiger partial charge in [0.15, 0.2) is 6.10 Å². The van der Waals surface area contributed by atoms with E-state index >= 15 is 0 Å². The first kappa shape index (κ1) is 20.7. The second kappa shape index (κ2) is 8.37. The van der Waals surface area contributed by atoms with Gasteiger partial charge >= 0.3 is 5.97 Å². The fourth-order valence-corrected chi connectivity index (χ4v) is 4.49. The number of esters is 1. The van der Waals surface area contributed by atoms with Crippen LogP contribution >= 0.6 is 11.6 Å². The van der Waals surface area contributed by atoms with Gasteiger partial charge in [-0.25, -0.2) is 8.42 Å². The average Bonchev–Trinajstić information content (AvgIpc) is 3.05. The van der Waals surface area contributed by atoms with E-state index in [0.29, 0.717) is 17.9 Å². The highest BCUT2D eigenvalue weighted by Gasteiger charge is 2.41. The van der Waals surface area contributed by atoms with Gasteiger partial charge < -0.3 is 10.1 Å². The van der Waals surface area contributed by atoms with Crippen LogP contribution in [0.15, 0.2) is 29.2 Å². The summed E-state index contributed by atoms with van der Waals surface area (Å²) in [5.74, 6) is -1.13. The Labute approximate surface area is 158 Å². The molecule has 1 aliphatic rings. The third kappa shape index (κ3) is 4.75. The Morgan fingerprint density at radius 1 is 1.23 bits per heavy atom. The molecular weight excluding hydrogens is 380 g/mol. The summed E-state index contributed by atoms with van der Waals surface area (Å²) in [7, 11) is -3.85. The summed E-state index contributed by atoms with van der Waals surface area (Å²) in [5, 5.41) is 3.07. The minimum atomic E-state index is -3.85. The Morgan fingerprint density at radius 2 is 1.85 bits per heavy atom. The number of nitrogens with zero attached hydrogens (tertiary/aromatic N) is 1. The van der Waals surface area contributed by atoms with Gasteiger partial charge in [-0.2, -0.15) is 4.31 Å². The van der Waals surface area contributed by atoms with Crippen molar-refractivity contribution in [2.75, 3.05) is 6.54 Å². The number of carbonyl (C=O) groups excluding carboxylic acids is 2. The molecule has 2 atom stereocenters. The molecule has 1 saturated heterocycles. The maximum Gasteiger partial charge on any atom is 0.325 e. The lowest BCUT2D eigenvalue weighted by Gasteiger charge is -2.24. The van der Waals surface area contributed by atoms with Crippen LogP contribution in [0.5, 0.6) is 0 Å². The van der Waals surface area contributed by atoms with E-state index in [1.807, 2.05) is 0 Å². The first-order valence-corrected chi connectivity index (χ1v) is 10.2. The molecule has 7 nitrogen and oxygen atoms in total. The van der Waals surface area contributed by atoms with E-state index in [1.165, 1.54) is 31.2 Å². The molecule has 0 saturated carbocycles. The number of hydrogen-bond donors (Lipinski definition) is 1.